The molecule has 0 heterocycles. The molecule has 3 aromatic rings. The van der Waals surface area contributed by atoms with Gasteiger partial charge in [-0.15, -0.1) is 0 Å². The second kappa shape index (κ2) is 11.5. The monoisotopic (exact) mass is 556 g/mol. The van der Waals surface area contributed by atoms with Crippen LogP contribution in [0.5, 0.6) is 11.5 Å². The number of nitrogens with one attached hydrogen (secondary N) is 1. The van der Waals surface area contributed by atoms with E-state index in [4.69, 9.17) is 9.47 Å². The molecule has 33 heavy (non-hydrogen) atoms. The number of methoxy groups -OCH3 is 1. The molecule has 0 fully saturated rings. The summed E-state index contributed by atoms with van der Waals surface area (Å²) in [6, 6.07) is 19.2. The Bertz CT molecular complexity index is 1220. The molecule has 168 valence electrons. The molecule has 0 atom stereocenters. The number of ether oxygens (including phenoxy) is 2. The summed E-state index contributed by atoms with van der Waals surface area (Å²) in [7, 11) is 1.49. The Labute approximate surface area is 206 Å². The standard InChI is InChI=1S/C26H22FIN2O3/c1-3-17-8-10-21(11-9-17)30-26(31)20(15-29)12-18-13-23(28)25(24(14-18)32-2)33-16-19-6-4-5-7-22(19)27/h4-14H,3,16H2,1-2H3,(H,30,31)/b20-12+. The van der Waals surface area contributed by atoms with Crippen LogP contribution in [0, 0.1) is 20.7 Å². The Morgan fingerprint density at radius 2 is 1.91 bits per heavy atom. The van der Waals surface area contributed by atoms with Crippen molar-refractivity contribution in [2.75, 3.05) is 12.4 Å². The lowest BCUT2D eigenvalue weighted by Gasteiger charge is -2.14. The predicted octanol–water partition coefficient (Wildman–Crippen LogP) is 6.13. The second-order valence-electron chi connectivity index (χ2n) is 7.09. The van der Waals surface area contributed by atoms with Gasteiger partial charge in [0.15, 0.2) is 11.5 Å². The van der Waals surface area contributed by atoms with Crippen molar-refractivity contribution in [3.63, 3.8) is 0 Å². The summed E-state index contributed by atoms with van der Waals surface area (Å²) in [5.74, 6) is 0.0189. The van der Waals surface area contributed by atoms with E-state index in [1.807, 2.05) is 18.2 Å². The van der Waals surface area contributed by atoms with Crippen LogP contribution < -0.4 is 14.8 Å². The lowest BCUT2D eigenvalue weighted by molar-refractivity contribution is -0.112. The van der Waals surface area contributed by atoms with Gasteiger partial charge in [-0.1, -0.05) is 37.3 Å². The molecule has 0 saturated heterocycles. The van der Waals surface area contributed by atoms with E-state index in [9.17, 15) is 14.4 Å². The molecule has 0 unspecified atom stereocenters. The van der Waals surface area contributed by atoms with Gasteiger partial charge in [0.1, 0.15) is 24.1 Å². The Hall–Kier alpha value is -3.38. The Morgan fingerprint density at radius 1 is 1.18 bits per heavy atom. The highest BCUT2D eigenvalue weighted by Crippen LogP contribution is 2.35. The van der Waals surface area contributed by atoms with Gasteiger partial charge in [-0.25, -0.2) is 4.39 Å². The Morgan fingerprint density at radius 3 is 2.55 bits per heavy atom. The van der Waals surface area contributed by atoms with Gasteiger partial charge >= 0.3 is 0 Å². The zero-order valence-corrected chi connectivity index (χ0v) is 20.4. The number of benzene rings is 3. The van der Waals surface area contributed by atoms with Crippen LogP contribution in [0.1, 0.15) is 23.6 Å². The summed E-state index contributed by atoms with van der Waals surface area (Å²) in [6.45, 7) is 2.09. The fourth-order valence-corrected chi connectivity index (χ4v) is 3.85. The first kappa shape index (κ1) is 24.3. The van der Waals surface area contributed by atoms with E-state index in [1.165, 1.54) is 19.3 Å². The zero-order chi connectivity index (χ0) is 23.8. The van der Waals surface area contributed by atoms with Gasteiger partial charge in [-0.2, -0.15) is 5.26 Å². The minimum absolute atomic E-state index is 0.0386. The van der Waals surface area contributed by atoms with E-state index < -0.39 is 5.91 Å². The molecule has 0 radical (unpaired) electrons. The third kappa shape index (κ3) is 6.33. The van der Waals surface area contributed by atoms with Crippen LogP contribution in [0.3, 0.4) is 0 Å². The maximum Gasteiger partial charge on any atom is 0.266 e. The van der Waals surface area contributed by atoms with Crippen molar-refractivity contribution in [2.24, 2.45) is 0 Å². The fraction of sp³-hybridized carbons (Fsp3) is 0.154. The molecule has 7 heteroatoms. The van der Waals surface area contributed by atoms with E-state index in [0.717, 1.165) is 12.0 Å². The van der Waals surface area contributed by atoms with Crippen LogP contribution in [0.25, 0.3) is 6.08 Å². The number of carbonyl (C=O) groups is 1. The van der Waals surface area contributed by atoms with Crippen molar-refractivity contribution in [1.29, 1.82) is 5.26 Å². The zero-order valence-electron chi connectivity index (χ0n) is 18.2. The Balaban J connectivity index is 1.80. The molecular weight excluding hydrogens is 534 g/mol. The number of nitrogens with zero attached hydrogens (tertiary/aromatic N) is 1. The molecule has 0 bridgehead atoms. The van der Waals surface area contributed by atoms with Crippen molar-refractivity contribution in [1.82, 2.24) is 0 Å². The first-order valence-corrected chi connectivity index (χ1v) is 11.3. The van der Waals surface area contributed by atoms with Gasteiger partial charge in [-0.3, -0.25) is 4.79 Å². The average molecular weight is 556 g/mol. The summed E-state index contributed by atoms with van der Waals surface area (Å²) in [6.07, 6.45) is 2.39. The normalized spacial score (nSPS) is 10.9. The second-order valence-corrected chi connectivity index (χ2v) is 8.25. The van der Waals surface area contributed by atoms with Gasteiger partial charge in [0.2, 0.25) is 0 Å². The minimum Gasteiger partial charge on any atom is -0.493 e. The van der Waals surface area contributed by atoms with Crippen LogP contribution >= 0.6 is 22.6 Å². The lowest BCUT2D eigenvalue weighted by Crippen LogP contribution is -2.13. The number of halogens is 2. The smallest absolute Gasteiger partial charge is 0.266 e. The number of hydrogen-bond acceptors (Lipinski definition) is 4. The molecule has 0 aliphatic rings. The maximum atomic E-state index is 13.9. The summed E-state index contributed by atoms with van der Waals surface area (Å²) >= 11 is 2.08. The SMILES string of the molecule is CCc1ccc(NC(=O)/C(C#N)=C/c2cc(I)c(OCc3ccccc3F)c(OC)c2)cc1. The minimum atomic E-state index is -0.504. The van der Waals surface area contributed by atoms with Crippen LogP contribution in [0.2, 0.25) is 0 Å². The van der Waals surface area contributed by atoms with Gasteiger partial charge in [0.25, 0.3) is 5.91 Å². The lowest BCUT2D eigenvalue weighted by atomic mass is 10.1. The van der Waals surface area contributed by atoms with Crippen molar-refractivity contribution in [3.05, 3.63) is 92.3 Å². The van der Waals surface area contributed by atoms with Crippen LogP contribution in [-0.4, -0.2) is 13.0 Å². The van der Waals surface area contributed by atoms with E-state index in [1.54, 1.807) is 42.5 Å². The average Bonchev–Trinajstić information content (AvgIpc) is 2.82. The van der Waals surface area contributed by atoms with Crippen LogP contribution in [-0.2, 0) is 17.8 Å². The number of anilines is 1. The van der Waals surface area contributed by atoms with E-state index >= 15 is 0 Å². The molecule has 1 N–H and O–H groups in total. The molecule has 3 rings (SSSR count). The summed E-state index contributed by atoms with van der Waals surface area (Å²) < 4.78 is 25.9. The van der Waals surface area contributed by atoms with E-state index in [0.29, 0.717) is 31.9 Å². The highest BCUT2D eigenvalue weighted by atomic mass is 127. The first-order valence-electron chi connectivity index (χ1n) is 10.2. The highest BCUT2D eigenvalue weighted by molar-refractivity contribution is 14.1. The number of aryl methyl sites for hydroxylation is 1. The third-order valence-electron chi connectivity index (χ3n) is 4.88. The van der Waals surface area contributed by atoms with Crippen molar-refractivity contribution >= 4 is 40.3 Å². The van der Waals surface area contributed by atoms with Gasteiger partial charge in [0.05, 0.1) is 10.7 Å². The van der Waals surface area contributed by atoms with E-state index in [-0.39, 0.29) is 18.0 Å². The molecule has 0 aliphatic carbocycles. The van der Waals surface area contributed by atoms with Crippen LogP contribution in [0.4, 0.5) is 10.1 Å². The van der Waals surface area contributed by atoms with Crippen molar-refractivity contribution in [2.45, 2.75) is 20.0 Å². The van der Waals surface area contributed by atoms with Crippen LogP contribution in [0.15, 0.2) is 66.2 Å². The number of amides is 1. The highest BCUT2D eigenvalue weighted by Gasteiger charge is 2.15. The molecule has 5 nitrogen and oxygen atoms in total. The number of carbonyl (C=O) groups excluding carboxylic acids is 1. The molecule has 0 aromatic heterocycles. The van der Waals surface area contributed by atoms with Gasteiger partial charge in [-0.05, 0) is 76.5 Å². The fourth-order valence-electron chi connectivity index (χ4n) is 3.07. The van der Waals surface area contributed by atoms with Gasteiger partial charge < -0.3 is 14.8 Å². The summed E-state index contributed by atoms with van der Waals surface area (Å²) in [5, 5.41) is 12.3. The summed E-state index contributed by atoms with van der Waals surface area (Å²) in [5.41, 5.74) is 2.75. The topological polar surface area (TPSA) is 71.4 Å². The number of rotatable bonds is 8. The largest absolute Gasteiger partial charge is 0.493 e. The van der Waals surface area contributed by atoms with E-state index in [2.05, 4.69) is 34.8 Å². The number of nitriles is 1. The molecular formula is C26H22FIN2O3. The first-order chi connectivity index (χ1) is 15.9. The molecule has 0 aliphatic heterocycles. The molecule has 1 amide bonds. The molecule has 0 spiro atoms. The van der Waals surface area contributed by atoms with Gasteiger partial charge in [0, 0.05) is 11.3 Å². The molecule has 0 saturated carbocycles. The third-order valence-corrected chi connectivity index (χ3v) is 5.68. The van der Waals surface area contributed by atoms with Crippen molar-refractivity contribution in [3.8, 4) is 17.6 Å². The Kier molecular flexibility index (Phi) is 8.44. The van der Waals surface area contributed by atoms with Crippen molar-refractivity contribution < 1.29 is 18.7 Å². The predicted molar refractivity (Wildman–Crippen MR) is 134 cm³/mol. The maximum absolute atomic E-state index is 13.9. The number of hydrogen-bond donors (Lipinski definition) is 1. The molecule has 3 aromatic carbocycles. The quantitative estimate of drug-likeness (QED) is 0.206. The summed E-state index contributed by atoms with van der Waals surface area (Å²) in [4.78, 5) is 12.6.